The van der Waals surface area contributed by atoms with Crippen molar-refractivity contribution in [3.05, 3.63) is 5.69 Å². The molecule has 0 radical (unpaired) electrons. The van der Waals surface area contributed by atoms with Crippen LogP contribution in [0.5, 0.6) is 0 Å². The molecule has 1 aliphatic rings. The van der Waals surface area contributed by atoms with Crippen molar-refractivity contribution < 1.29 is 0 Å². The summed E-state index contributed by atoms with van der Waals surface area (Å²) in [5, 5.41) is 4.60. The number of nitrogen functional groups attached to an aromatic ring is 1. The third-order valence-electron chi connectivity index (χ3n) is 3.92. The summed E-state index contributed by atoms with van der Waals surface area (Å²) in [6.07, 6.45) is 5.16. The predicted molar refractivity (Wildman–Crippen MR) is 77.0 cm³/mol. The lowest BCUT2D eigenvalue weighted by Gasteiger charge is -2.31. The molecule has 4 nitrogen and oxygen atoms in total. The molecule has 0 spiro atoms. The van der Waals surface area contributed by atoms with E-state index >= 15 is 0 Å². The molecule has 0 amide bonds. The van der Waals surface area contributed by atoms with Crippen LogP contribution in [0.1, 0.15) is 58.2 Å². The fraction of sp³-hybridized carbons (Fsp3) is 0.786. The summed E-state index contributed by atoms with van der Waals surface area (Å²) in [5.41, 5.74) is 8.07. The maximum absolute atomic E-state index is 6.26. The van der Waals surface area contributed by atoms with E-state index in [4.69, 9.17) is 5.73 Å². The Bertz CT molecular complexity index is 408. The van der Waals surface area contributed by atoms with Crippen molar-refractivity contribution in [1.29, 1.82) is 0 Å². The molecule has 1 aromatic heterocycles. The van der Waals surface area contributed by atoms with Crippen LogP contribution in [0.3, 0.4) is 0 Å². The quantitative estimate of drug-likeness (QED) is 0.877. The van der Waals surface area contributed by atoms with Gasteiger partial charge in [0.25, 0.3) is 0 Å². The van der Waals surface area contributed by atoms with Crippen LogP contribution >= 0.6 is 0 Å². The second-order valence-corrected chi connectivity index (χ2v) is 5.75. The maximum atomic E-state index is 6.26. The Hall–Kier alpha value is -1.19. The smallest absolute Gasteiger partial charge is 0.151 e. The van der Waals surface area contributed by atoms with Gasteiger partial charge < -0.3 is 10.6 Å². The molecule has 1 aromatic rings. The van der Waals surface area contributed by atoms with Gasteiger partial charge in [0.2, 0.25) is 0 Å². The fourth-order valence-corrected chi connectivity index (χ4v) is 2.78. The highest BCUT2D eigenvalue weighted by molar-refractivity contribution is 5.66. The van der Waals surface area contributed by atoms with Crippen LogP contribution in [0.15, 0.2) is 0 Å². The van der Waals surface area contributed by atoms with Crippen molar-refractivity contribution in [1.82, 2.24) is 9.78 Å². The standard InChI is InChI=1S/C14H26N4/c1-10(2)18-14(13(15)12(4)16-18)17-9-7-5-6-8-11(17)3/h10-11H,5-9,15H2,1-4H3. The zero-order valence-electron chi connectivity index (χ0n) is 12.1. The Labute approximate surface area is 110 Å². The Balaban J connectivity index is 2.41. The van der Waals surface area contributed by atoms with E-state index in [0.717, 1.165) is 23.7 Å². The van der Waals surface area contributed by atoms with Gasteiger partial charge in [-0.1, -0.05) is 12.8 Å². The normalized spacial score (nSPS) is 21.4. The summed E-state index contributed by atoms with van der Waals surface area (Å²) in [7, 11) is 0. The molecule has 4 heteroatoms. The molecule has 2 rings (SSSR count). The molecule has 1 saturated heterocycles. The van der Waals surface area contributed by atoms with Crippen LogP contribution in [0.2, 0.25) is 0 Å². The lowest BCUT2D eigenvalue weighted by atomic mass is 10.1. The van der Waals surface area contributed by atoms with Crippen LogP contribution in [0.4, 0.5) is 11.5 Å². The number of nitrogens with zero attached hydrogens (tertiary/aromatic N) is 3. The van der Waals surface area contributed by atoms with Crippen LogP contribution < -0.4 is 10.6 Å². The summed E-state index contributed by atoms with van der Waals surface area (Å²) in [6, 6.07) is 0.912. The first-order valence-corrected chi connectivity index (χ1v) is 7.13. The molecule has 2 heterocycles. The van der Waals surface area contributed by atoms with Crippen LogP contribution in [0, 0.1) is 6.92 Å². The number of rotatable bonds is 2. The highest BCUT2D eigenvalue weighted by atomic mass is 15.4. The second-order valence-electron chi connectivity index (χ2n) is 5.75. The molecule has 0 saturated carbocycles. The van der Waals surface area contributed by atoms with E-state index in [1.165, 1.54) is 25.7 Å². The lowest BCUT2D eigenvalue weighted by Crippen LogP contribution is -2.35. The molecule has 2 N–H and O–H groups in total. The fourth-order valence-electron chi connectivity index (χ4n) is 2.78. The number of aromatic nitrogens is 2. The Morgan fingerprint density at radius 3 is 2.67 bits per heavy atom. The Morgan fingerprint density at radius 2 is 2.00 bits per heavy atom. The van der Waals surface area contributed by atoms with Crippen molar-refractivity contribution in [3.63, 3.8) is 0 Å². The van der Waals surface area contributed by atoms with Gasteiger partial charge >= 0.3 is 0 Å². The van der Waals surface area contributed by atoms with Crippen molar-refractivity contribution in [3.8, 4) is 0 Å². The van der Waals surface area contributed by atoms with Crippen LogP contribution in [0.25, 0.3) is 0 Å². The van der Waals surface area contributed by atoms with Crippen molar-refractivity contribution in [2.24, 2.45) is 0 Å². The largest absolute Gasteiger partial charge is 0.394 e. The predicted octanol–water partition coefficient (Wildman–Crippen LogP) is 3.12. The molecule has 1 aliphatic heterocycles. The van der Waals surface area contributed by atoms with Crippen molar-refractivity contribution in [2.45, 2.75) is 65.5 Å². The van der Waals surface area contributed by atoms with E-state index in [-0.39, 0.29) is 0 Å². The first kappa shape index (κ1) is 13.2. The highest BCUT2D eigenvalue weighted by Crippen LogP contribution is 2.33. The molecule has 0 aliphatic carbocycles. The van der Waals surface area contributed by atoms with E-state index in [0.29, 0.717) is 12.1 Å². The summed E-state index contributed by atoms with van der Waals surface area (Å²) < 4.78 is 2.09. The summed E-state index contributed by atoms with van der Waals surface area (Å²) in [6.45, 7) is 9.73. The minimum absolute atomic E-state index is 0.353. The monoisotopic (exact) mass is 250 g/mol. The summed E-state index contributed by atoms with van der Waals surface area (Å²) in [5.74, 6) is 1.14. The Morgan fingerprint density at radius 1 is 1.28 bits per heavy atom. The van der Waals surface area contributed by atoms with Gasteiger partial charge in [0, 0.05) is 18.6 Å². The average Bonchev–Trinajstić information content (AvgIpc) is 2.50. The van der Waals surface area contributed by atoms with Gasteiger partial charge in [-0.3, -0.25) is 0 Å². The molecule has 1 fully saturated rings. The van der Waals surface area contributed by atoms with Crippen LogP contribution in [-0.2, 0) is 0 Å². The number of anilines is 2. The first-order valence-electron chi connectivity index (χ1n) is 7.13. The third-order valence-corrected chi connectivity index (χ3v) is 3.92. The topological polar surface area (TPSA) is 47.1 Å². The molecule has 102 valence electrons. The molecular formula is C14H26N4. The van der Waals surface area contributed by atoms with Crippen molar-refractivity contribution in [2.75, 3.05) is 17.2 Å². The molecule has 1 atom stereocenters. The van der Waals surface area contributed by atoms with E-state index in [1.54, 1.807) is 0 Å². The number of hydrogen-bond acceptors (Lipinski definition) is 3. The van der Waals surface area contributed by atoms with Gasteiger partial charge in [-0.15, -0.1) is 0 Å². The molecular weight excluding hydrogens is 224 g/mol. The third kappa shape index (κ3) is 2.33. The second kappa shape index (κ2) is 5.21. The maximum Gasteiger partial charge on any atom is 0.151 e. The van der Waals surface area contributed by atoms with E-state index < -0.39 is 0 Å². The summed E-state index contributed by atoms with van der Waals surface area (Å²) in [4.78, 5) is 2.46. The molecule has 18 heavy (non-hydrogen) atoms. The van der Waals surface area contributed by atoms with Gasteiger partial charge in [0.05, 0.1) is 11.4 Å². The van der Waals surface area contributed by atoms with E-state index in [2.05, 4.69) is 35.5 Å². The van der Waals surface area contributed by atoms with Gasteiger partial charge in [-0.25, -0.2) is 4.68 Å². The van der Waals surface area contributed by atoms with E-state index in [1.807, 2.05) is 6.92 Å². The van der Waals surface area contributed by atoms with Gasteiger partial charge in [-0.2, -0.15) is 5.10 Å². The Kier molecular flexibility index (Phi) is 3.83. The van der Waals surface area contributed by atoms with Crippen LogP contribution in [-0.4, -0.2) is 22.4 Å². The first-order chi connectivity index (χ1) is 8.52. The minimum atomic E-state index is 0.353. The average molecular weight is 250 g/mol. The van der Waals surface area contributed by atoms with Gasteiger partial charge in [-0.05, 0) is 40.5 Å². The summed E-state index contributed by atoms with van der Waals surface area (Å²) >= 11 is 0. The van der Waals surface area contributed by atoms with Gasteiger partial charge in [0.1, 0.15) is 0 Å². The number of nitrogens with two attached hydrogens (primary N) is 1. The molecule has 1 unspecified atom stereocenters. The highest BCUT2D eigenvalue weighted by Gasteiger charge is 2.25. The number of aryl methyl sites for hydroxylation is 1. The van der Waals surface area contributed by atoms with E-state index in [9.17, 15) is 0 Å². The lowest BCUT2D eigenvalue weighted by molar-refractivity contribution is 0.507. The zero-order valence-corrected chi connectivity index (χ0v) is 12.1. The number of hydrogen-bond donors (Lipinski definition) is 1. The van der Waals surface area contributed by atoms with Gasteiger partial charge in [0.15, 0.2) is 5.82 Å². The SMILES string of the molecule is Cc1nn(C(C)C)c(N2CCCCCC2C)c1N. The zero-order chi connectivity index (χ0) is 13.3. The minimum Gasteiger partial charge on any atom is -0.394 e. The molecule has 0 bridgehead atoms. The van der Waals surface area contributed by atoms with Crippen molar-refractivity contribution >= 4 is 11.5 Å². The molecule has 0 aromatic carbocycles.